The van der Waals surface area contributed by atoms with Gasteiger partial charge in [0.2, 0.25) is 6.29 Å². The summed E-state index contributed by atoms with van der Waals surface area (Å²) in [5.74, 6) is -1.82. The van der Waals surface area contributed by atoms with Gasteiger partial charge in [0, 0.05) is 5.92 Å². The van der Waals surface area contributed by atoms with Crippen LogP contribution >= 0.6 is 0 Å². The summed E-state index contributed by atoms with van der Waals surface area (Å²) >= 11 is 0. The summed E-state index contributed by atoms with van der Waals surface area (Å²) in [7, 11) is 0. The van der Waals surface area contributed by atoms with Gasteiger partial charge in [-0.2, -0.15) is 0 Å². The van der Waals surface area contributed by atoms with Crippen molar-refractivity contribution < 1.29 is 114 Å². The van der Waals surface area contributed by atoms with E-state index in [2.05, 4.69) is 20.4 Å². The molecule has 0 amide bonds. The quantitative estimate of drug-likeness (QED) is 0.0543. The van der Waals surface area contributed by atoms with Crippen LogP contribution in [0.3, 0.4) is 0 Å². The molecule has 0 radical (unpaired) electrons. The molecule has 23 nitrogen and oxygen atoms in total. The van der Waals surface area contributed by atoms with Gasteiger partial charge in [-0.3, -0.25) is 4.79 Å². The number of carbonyl (C=O) groups is 1. The molecule has 3 aliphatic carbocycles. The molecular weight excluding hydrogens is 932 g/mol. The van der Waals surface area contributed by atoms with Crippen molar-refractivity contribution in [3.05, 3.63) is 12.2 Å². The Morgan fingerprint density at radius 3 is 1.71 bits per heavy atom. The van der Waals surface area contributed by atoms with Gasteiger partial charge < -0.3 is 109 Å². The minimum absolute atomic E-state index is 0.0659. The maximum absolute atomic E-state index is 14.3. The van der Waals surface area contributed by atoms with E-state index in [9.17, 15) is 76.3 Å². The minimum atomic E-state index is -1.85. The number of esters is 1. The van der Waals surface area contributed by atoms with Gasteiger partial charge in [-0.1, -0.05) is 26.8 Å². The average Bonchev–Trinajstić information content (AvgIpc) is 3.46. The van der Waals surface area contributed by atoms with Crippen LogP contribution in [0.2, 0.25) is 0 Å². The van der Waals surface area contributed by atoms with Crippen molar-refractivity contribution >= 4 is 5.97 Å². The molecule has 23 heteroatoms. The van der Waals surface area contributed by atoms with Crippen molar-refractivity contribution in [2.24, 2.45) is 34.0 Å². The second kappa shape index (κ2) is 22.7. The molecule has 7 fully saturated rings. The van der Waals surface area contributed by atoms with Crippen molar-refractivity contribution in [1.29, 1.82) is 0 Å². The van der Waals surface area contributed by atoms with E-state index >= 15 is 0 Å². The molecule has 4 aliphatic heterocycles. The third-order valence-corrected chi connectivity index (χ3v) is 17.3. The molecule has 70 heavy (non-hydrogen) atoms. The van der Waals surface area contributed by atoms with Gasteiger partial charge in [0.05, 0.1) is 70.0 Å². The molecule has 4 saturated heterocycles. The van der Waals surface area contributed by atoms with E-state index in [0.717, 1.165) is 18.4 Å². The molecule has 0 aromatic rings. The Morgan fingerprint density at radius 2 is 1.10 bits per heavy atom. The first kappa shape index (κ1) is 56.1. The predicted octanol–water partition coefficient (Wildman–Crippen LogP) is -4.54. The summed E-state index contributed by atoms with van der Waals surface area (Å²) < 4.78 is 47.8. The second-order valence-electron chi connectivity index (χ2n) is 21.7. The Morgan fingerprint density at radius 1 is 0.571 bits per heavy atom. The topological polar surface area (TPSA) is 374 Å². The number of aliphatic hydroxyl groups excluding tert-OH is 14. The Hall–Kier alpha value is -1.63. The molecule has 0 spiro atoms. The van der Waals surface area contributed by atoms with Crippen LogP contribution in [0.15, 0.2) is 12.2 Å². The summed E-state index contributed by atoms with van der Waals surface area (Å²) in [6.45, 7) is 6.98. The van der Waals surface area contributed by atoms with Crippen molar-refractivity contribution in [1.82, 2.24) is 0 Å². The number of carbonyl (C=O) groups excluding carboxylic acids is 1. The third-order valence-electron chi connectivity index (χ3n) is 17.3. The van der Waals surface area contributed by atoms with Crippen LogP contribution in [0.1, 0.15) is 72.1 Å². The number of rotatable bonds is 15. The van der Waals surface area contributed by atoms with Gasteiger partial charge in [-0.25, -0.2) is 0 Å². The predicted molar refractivity (Wildman–Crippen MR) is 235 cm³/mol. The number of hydrogen-bond donors (Lipinski definition) is 14. The highest BCUT2D eigenvalue weighted by atomic mass is 16.7. The monoisotopic (exact) mass is 1010 g/mol. The maximum Gasteiger partial charge on any atom is 0.314 e. The van der Waals surface area contributed by atoms with Crippen LogP contribution in [-0.2, 0) is 42.7 Å². The minimum Gasteiger partial charge on any atom is -0.432 e. The fourth-order valence-corrected chi connectivity index (χ4v) is 13.3. The summed E-state index contributed by atoms with van der Waals surface area (Å²) in [4.78, 5) is 14.3. The zero-order chi connectivity index (χ0) is 51.2. The molecule has 26 atom stereocenters. The van der Waals surface area contributed by atoms with Crippen LogP contribution in [0.4, 0.5) is 0 Å². The lowest BCUT2D eigenvalue weighted by atomic mass is 9.42. The van der Waals surface area contributed by atoms with E-state index < -0.39 is 173 Å². The molecule has 14 N–H and O–H groups in total. The molecule has 0 aromatic heterocycles. The maximum atomic E-state index is 14.3. The number of hydrogen-bond acceptors (Lipinski definition) is 23. The Bertz CT molecular complexity index is 1740. The van der Waals surface area contributed by atoms with Crippen molar-refractivity contribution in [3.63, 3.8) is 0 Å². The van der Waals surface area contributed by atoms with Gasteiger partial charge in [0.1, 0.15) is 91.6 Å². The molecular formula is C47H78O23. The largest absolute Gasteiger partial charge is 0.432 e. The van der Waals surface area contributed by atoms with Gasteiger partial charge >= 0.3 is 5.97 Å². The third kappa shape index (κ3) is 10.6. The van der Waals surface area contributed by atoms with Crippen molar-refractivity contribution in [2.45, 2.75) is 195 Å². The van der Waals surface area contributed by atoms with Crippen molar-refractivity contribution in [3.8, 4) is 0 Å². The zero-order valence-electron chi connectivity index (χ0n) is 40.0. The van der Waals surface area contributed by atoms with Crippen molar-refractivity contribution in [2.75, 3.05) is 46.2 Å². The fraction of sp³-hybridized carbons (Fsp3) is 0.936. The lowest BCUT2D eigenvalue weighted by molar-refractivity contribution is -0.341. The molecule has 7 aliphatic rings. The molecule has 404 valence electrons. The lowest BCUT2D eigenvalue weighted by Gasteiger charge is -2.62. The summed E-state index contributed by atoms with van der Waals surface area (Å²) in [5, 5.41) is 146. The highest BCUT2D eigenvalue weighted by Gasteiger charge is 2.63. The molecule has 0 aromatic carbocycles. The SMILES string of the molecule is C=C1C[C@@]2(C)CCC3C(C)(CCC[C@@]3(C)C(=O)O[C@@H]3OC(CO)[C@@H](O)C(O)C3O)[C@@H]2CC[C@H]1OC[C@@H]1OC(CO)[C@@H](O)C(COC[C@@H]2OC(CO)[C@@H](O)C(O)C2O)C1O[C@@H]1OC(CO)[C@@H](O)C(O)C1O. The second-order valence-corrected chi connectivity index (χ2v) is 21.7. The summed E-state index contributed by atoms with van der Waals surface area (Å²) in [6.07, 6.45) is -24.3. The number of fused-ring (bicyclic) bond motifs is 3. The highest BCUT2D eigenvalue weighted by Crippen LogP contribution is 2.67. The van der Waals surface area contributed by atoms with Gasteiger partial charge in [0.25, 0.3) is 0 Å². The Kier molecular flexibility index (Phi) is 18.2. The van der Waals surface area contributed by atoms with Gasteiger partial charge in [0.15, 0.2) is 6.29 Å². The van der Waals surface area contributed by atoms with Gasteiger partial charge in [-0.05, 0) is 80.1 Å². The van der Waals surface area contributed by atoms with Gasteiger partial charge in [-0.15, -0.1) is 0 Å². The first-order chi connectivity index (χ1) is 33.1. The molecule has 7 rings (SSSR count). The average molecular weight is 1010 g/mol. The van der Waals surface area contributed by atoms with E-state index in [0.29, 0.717) is 38.5 Å². The zero-order valence-corrected chi connectivity index (χ0v) is 40.0. The van der Waals surface area contributed by atoms with E-state index in [-0.39, 0.29) is 35.9 Å². The number of ether oxygens (including phenoxy) is 8. The first-order valence-corrected chi connectivity index (χ1v) is 24.7. The normalized spacial score (nSPS) is 51.2. The van der Waals surface area contributed by atoms with Crippen LogP contribution in [-0.4, -0.2) is 246 Å². The van der Waals surface area contributed by atoms with E-state index in [1.165, 1.54) is 0 Å². The molecule has 0 bridgehead atoms. The fourth-order valence-electron chi connectivity index (χ4n) is 13.3. The van der Waals surface area contributed by atoms with E-state index in [1.807, 2.05) is 6.92 Å². The highest BCUT2D eigenvalue weighted by molar-refractivity contribution is 5.77. The molecule has 3 saturated carbocycles. The van der Waals surface area contributed by atoms with E-state index in [4.69, 9.17) is 37.9 Å². The van der Waals surface area contributed by atoms with Crippen LogP contribution in [0.25, 0.3) is 0 Å². The lowest BCUT2D eigenvalue weighted by Crippen LogP contribution is -2.64. The Labute approximate surface area is 406 Å². The standard InChI is InChI=1S/C47H78O23/c1-20-12-45(2)11-8-30-46(3,9-5-10-47(30,4)44(62)70-43-40(61)38(59)34(55)26(16-51)68-43)29(45)7-6-22(20)64-19-28-41(69-42-39(60)37(58)33(54)25(15-50)67-42)21(31(52)23(13-48)66-28)17-63-18-27-35(56)36(57)32(53)24(14-49)65-27/h21-43,48-61H,1,5-19H2,2-4H3/t21?,22-,23?,24?,25?,26?,27+,28+,29-,30?,31+,32-,33-,34-,35?,36?,37?,38?,39?,40?,41?,42+,43+,45-,46?,47-/m1/s1. The number of aliphatic hydroxyl groups is 14. The smallest absolute Gasteiger partial charge is 0.314 e. The first-order valence-electron chi connectivity index (χ1n) is 24.7. The van der Waals surface area contributed by atoms with Crippen LogP contribution < -0.4 is 0 Å². The van der Waals surface area contributed by atoms with E-state index in [1.54, 1.807) is 0 Å². The molecule has 14 unspecified atom stereocenters. The summed E-state index contributed by atoms with van der Waals surface area (Å²) in [5.41, 5.74) is -0.865. The Balaban J connectivity index is 1.08. The van der Waals surface area contributed by atoms with Crippen LogP contribution in [0.5, 0.6) is 0 Å². The van der Waals surface area contributed by atoms with Crippen LogP contribution in [0, 0.1) is 34.0 Å². The summed E-state index contributed by atoms with van der Waals surface area (Å²) in [6, 6.07) is 0. The molecule has 4 heterocycles.